The largest absolute Gasteiger partial charge is 0.481 e. The van der Waals surface area contributed by atoms with Gasteiger partial charge in [-0.25, -0.2) is 4.79 Å². The molecule has 6 nitrogen and oxygen atoms in total. The number of carbonyl (C=O) groups is 2. The highest BCUT2D eigenvalue weighted by molar-refractivity contribution is 5.81. The molecule has 2 aromatic carbocycles. The molecule has 0 unspecified atom stereocenters. The third-order valence-corrected chi connectivity index (χ3v) is 4.97. The van der Waals surface area contributed by atoms with Gasteiger partial charge in [0, 0.05) is 0 Å². The molecule has 1 atom stereocenters. The van der Waals surface area contributed by atoms with E-state index in [0.717, 1.165) is 18.4 Å². The molecular formula is C23H24N2O4. The quantitative estimate of drug-likeness (QED) is 0.731. The Hall–Kier alpha value is -3.33. The molecule has 29 heavy (non-hydrogen) atoms. The third-order valence-electron chi connectivity index (χ3n) is 4.97. The average molecular weight is 392 g/mol. The van der Waals surface area contributed by atoms with E-state index in [9.17, 15) is 9.59 Å². The van der Waals surface area contributed by atoms with Crippen LogP contribution in [0.2, 0.25) is 0 Å². The Balaban J connectivity index is 1.44. The van der Waals surface area contributed by atoms with Crippen molar-refractivity contribution in [2.75, 3.05) is 13.2 Å². The standard InChI is InChI=1S/C23H24N2O4/c1-16(18-11-10-17-6-2-3-7-19(17)12-18)25-22(26)14-29-23(27)15-28-21-9-5-4-8-20(21)13-24/h4-5,8-12,16H,2-3,6-7,14-15H2,1H3,(H,25,26)/t16-/m1/s1. The fourth-order valence-corrected chi connectivity index (χ4v) is 3.40. The second kappa shape index (κ2) is 9.74. The van der Waals surface area contributed by atoms with Crippen LogP contribution < -0.4 is 10.1 Å². The van der Waals surface area contributed by atoms with Crippen molar-refractivity contribution >= 4 is 11.9 Å². The van der Waals surface area contributed by atoms with Gasteiger partial charge >= 0.3 is 5.97 Å². The highest BCUT2D eigenvalue weighted by Gasteiger charge is 2.15. The van der Waals surface area contributed by atoms with Crippen LogP contribution in [0.15, 0.2) is 42.5 Å². The minimum absolute atomic E-state index is 0.174. The molecular weight excluding hydrogens is 368 g/mol. The van der Waals surface area contributed by atoms with Crippen LogP contribution in [0.3, 0.4) is 0 Å². The number of esters is 1. The highest BCUT2D eigenvalue weighted by Crippen LogP contribution is 2.24. The Morgan fingerprint density at radius 3 is 2.66 bits per heavy atom. The van der Waals surface area contributed by atoms with Crippen molar-refractivity contribution < 1.29 is 19.1 Å². The van der Waals surface area contributed by atoms with Gasteiger partial charge in [-0.05, 0) is 61.4 Å². The number of hydrogen-bond donors (Lipinski definition) is 1. The summed E-state index contributed by atoms with van der Waals surface area (Å²) < 4.78 is 10.3. The molecule has 0 radical (unpaired) electrons. The number of benzene rings is 2. The summed E-state index contributed by atoms with van der Waals surface area (Å²) in [5.41, 5.74) is 4.13. The fraction of sp³-hybridized carbons (Fsp3) is 0.348. The van der Waals surface area contributed by atoms with Gasteiger partial charge in [-0.15, -0.1) is 0 Å². The van der Waals surface area contributed by atoms with Gasteiger partial charge in [0.25, 0.3) is 5.91 Å². The summed E-state index contributed by atoms with van der Waals surface area (Å²) in [6.45, 7) is 1.16. The number of nitriles is 1. The van der Waals surface area contributed by atoms with Crippen LogP contribution >= 0.6 is 0 Å². The maximum absolute atomic E-state index is 12.1. The van der Waals surface area contributed by atoms with Crippen molar-refractivity contribution in [3.05, 3.63) is 64.7 Å². The van der Waals surface area contributed by atoms with Crippen LogP contribution in [0.4, 0.5) is 0 Å². The summed E-state index contributed by atoms with van der Waals surface area (Å²) >= 11 is 0. The molecule has 6 heteroatoms. The molecule has 150 valence electrons. The van der Waals surface area contributed by atoms with Gasteiger partial charge in [0.15, 0.2) is 13.2 Å². The van der Waals surface area contributed by atoms with Gasteiger partial charge in [-0.1, -0.05) is 30.3 Å². The van der Waals surface area contributed by atoms with E-state index in [4.69, 9.17) is 14.7 Å². The van der Waals surface area contributed by atoms with E-state index in [1.807, 2.05) is 19.1 Å². The predicted molar refractivity (Wildman–Crippen MR) is 107 cm³/mol. The van der Waals surface area contributed by atoms with Crippen molar-refractivity contribution in [2.45, 2.75) is 38.6 Å². The minimum atomic E-state index is -0.672. The molecule has 0 aliphatic heterocycles. The molecule has 1 amide bonds. The van der Waals surface area contributed by atoms with Crippen LogP contribution in [0.1, 0.15) is 48.1 Å². The van der Waals surface area contributed by atoms with Gasteiger partial charge in [-0.2, -0.15) is 5.26 Å². The Morgan fingerprint density at radius 2 is 1.86 bits per heavy atom. The van der Waals surface area contributed by atoms with E-state index in [2.05, 4.69) is 17.4 Å². The van der Waals surface area contributed by atoms with Gasteiger partial charge in [-0.3, -0.25) is 4.79 Å². The third kappa shape index (κ3) is 5.58. The fourth-order valence-electron chi connectivity index (χ4n) is 3.40. The smallest absolute Gasteiger partial charge is 0.344 e. The first-order valence-electron chi connectivity index (χ1n) is 9.75. The van der Waals surface area contributed by atoms with Crippen molar-refractivity contribution in [1.82, 2.24) is 5.32 Å². The monoisotopic (exact) mass is 392 g/mol. The first kappa shape index (κ1) is 20.4. The highest BCUT2D eigenvalue weighted by atomic mass is 16.6. The summed E-state index contributed by atoms with van der Waals surface area (Å²) in [5, 5.41) is 11.9. The summed E-state index contributed by atoms with van der Waals surface area (Å²) in [6.07, 6.45) is 4.63. The second-order valence-corrected chi connectivity index (χ2v) is 7.08. The van der Waals surface area contributed by atoms with Crippen LogP contribution in [-0.2, 0) is 27.2 Å². The molecule has 1 aliphatic rings. The number of rotatable bonds is 7. The Bertz CT molecular complexity index is 933. The van der Waals surface area contributed by atoms with E-state index in [0.29, 0.717) is 11.3 Å². The number of amides is 1. The maximum atomic E-state index is 12.1. The van der Waals surface area contributed by atoms with E-state index in [-0.39, 0.29) is 25.2 Å². The molecule has 1 N–H and O–H groups in total. The van der Waals surface area contributed by atoms with Crippen LogP contribution in [-0.4, -0.2) is 25.1 Å². The summed E-state index contributed by atoms with van der Waals surface area (Å²) in [7, 11) is 0. The lowest BCUT2D eigenvalue weighted by Gasteiger charge is -2.20. The molecule has 0 spiro atoms. The van der Waals surface area contributed by atoms with Crippen molar-refractivity contribution in [1.29, 1.82) is 5.26 Å². The zero-order valence-electron chi connectivity index (χ0n) is 16.4. The number of carbonyl (C=O) groups excluding carboxylic acids is 2. The van der Waals surface area contributed by atoms with Crippen molar-refractivity contribution in [3.63, 3.8) is 0 Å². The first-order valence-corrected chi connectivity index (χ1v) is 9.75. The Morgan fingerprint density at radius 1 is 1.10 bits per heavy atom. The second-order valence-electron chi connectivity index (χ2n) is 7.08. The summed E-state index contributed by atoms with van der Waals surface area (Å²) in [6, 6.07) is 14.8. The van der Waals surface area contributed by atoms with Gasteiger partial charge < -0.3 is 14.8 Å². The van der Waals surface area contributed by atoms with Gasteiger partial charge in [0.05, 0.1) is 11.6 Å². The zero-order chi connectivity index (χ0) is 20.6. The van der Waals surface area contributed by atoms with Gasteiger partial charge in [0.2, 0.25) is 0 Å². The molecule has 0 bridgehead atoms. The van der Waals surface area contributed by atoms with E-state index < -0.39 is 5.97 Å². The molecule has 0 heterocycles. The predicted octanol–water partition coefficient (Wildman–Crippen LogP) is 3.24. The number of para-hydroxylation sites is 1. The van der Waals surface area contributed by atoms with Gasteiger partial charge in [0.1, 0.15) is 11.8 Å². The Kier molecular flexibility index (Phi) is 6.85. The lowest BCUT2D eigenvalue weighted by Crippen LogP contribution is -2.32. The first-order chi connectivity index (χ1) is 14.1. The number of hydrogen-bond acceptors (Lipinski definition) is 5. The van der Waals surface area contributed by atoms with E-state index in [1.165, 1.54) is 24.0 Å². The molecule has 0 saturated heterocycles. The minimum Gasteiger partial charge on any atom is -0.481 e. The molecule has 2 aromatic rings. The average Bonchev–Trinajstić information content (AvgIpc) is 2.76. The maximum Gasteiger partial charge on any atom is 0.344 e. The number of nitrogens with one attached hydrogen (secondary N) is 1. The number of nitrogens with zero attached hydrogens (tertiary/aromatic N) is 1. The molecule has 1 aliphatic carbocycles. The van der Waals surface area contributed by atoms with Crippen molar-refractivity contribution in [2.24, 2.45) is 0 Å². The lowest BCUT2D eigenvalue weighted by molar-refractivity contribution is -0.150. The molecule has 0 saturated carbocycles. The van der Waals surface area contributed by atoms with Crippen LogP contribution in [0.25, 0.3) is 0 Å². The normalized spacial score (nSPS) is 13.5. The summed E-state index contributed by atoms with van der Waals surface area (Å²) in [4.78, 5) is 23.9. The molecule has 0 aromatic heterocycles. The van der Waals surface area contributed by atoms with E-state index >= 15 is 0 Å². The van der Waals surface area contributed by atoms with E-state index in [1.54, 1.807) is 24.3 Å². The topological polar surface area (TPSA) is 88.4 Å². The van der Waals surface area contributed by atoms with Crippen LogP contribution in [0.5, 0.6) is 5.75 Å². The number of fused-ring (bicyclic) bond motifs is 1. The molecule has 3 rings (SSSR count). The number of ether oxygens (including phenoxy) is 2. The SMILES string of the molecule is C[C@@H](NC(=O)COC(=O)COc1ccccc1C#N)c1ccc2c(c1)CCCC2. The van der Waals surface area contributed by atoms with Crippen molar-refractivity contribution in [3.8, 4) is 11.8 Å². The molecule has 0 fully saturated rings. The Labute approximate surface area is 170 Å². The lowest BCUT2D eigenvalue weighted by atomic mass is 9.89. The van der Waals surface area contributed by atoms with Crippen LogP contribution in [0, 0.1) is 11.3 Å². The zero-order valence-corrected chi connectivity index (χ0v) is 16.4. The number of aryl methyl sites for hydroxylation is 2. The summed E-state index contributed by atoms with van der Waals surface area (Å²) in [5.74, 6) is -0.743.